The number of rotatable bonds is 8. The van der Waals surface area contributed by atoms with Crippen LogP contribution in [0.5, 0.6) is 5.75 Å². The first-order valence-corrected chi connectivity index (χ1v) is 8.27. The van der Waals surface area contributed by atoms with E-state index in [1.165, 1.54) is 12.5 Å². The molecule has 0 fully saturated rings. The summed E-state index contributed by atoms with van der Waals surface area (Å²) < 4.78 is 45.9. The number of hydrogen-bond acceptors (Lipinski definition) is 6. The number of nitrogens with zero attached hydrogens (tertiary/aromatic N) is 2. The molecule has 1 atom stereocenters. The van der Waals surface area contributed by atoms with Gasteiger partial charge < -0.3 is 9.57 Å². The van der Waals surface area contributed by atoms with Gasteiger partial charge >= 0.3 is 11.8 Å². The molecule has 0 aliphatic rings. The van der Waals surface area contributed by atoms with Crippen molar-refractivity contribution in [3.05, 3.63) is 62.3 Å². The SMILES string of the molecule is COc1ccc(C/C=N/O[C@](C[N+](=O)[O-])(c2ccsc2)C(F)(F)F)cc1. The lowest BCUT2D eigenvalue weighted by Gasteiger charge is -2.29. The maximum Gasteiger partial charge on any atom is 0.442 e. The normalized spacial score (nSPS) is 14.2. The first-order valence-electron chi connectivity index (χ1n) is 7.32. The Kier molecular flexibility index (Phi) is 6.19. The number of nitro groups is 1. The third-order valence-corrected chi connectivity index (χ3v) is 4.25. The highest BCUT2D eigenvalue weighted by atomic mass is 32.1. The minimum Gasteiger partial charge on any atom is -0.497 e. The Hall–Kier alpha value is -2.62. The largest absolute Gasteiger partial charge is 0.497 e. The molecule has 26 heavy (non-hydrogen) atoms. The Balaban J connectivity index is 2.19. The molecule has 0 spiro atoms. The molecule has 2 rings (SSSR count). The lowest BCUT2D eigenvalue weighted by atomic mass is 9.96. The summed E-state index contributed by atoms with van der Waals surface area (Å²) in [5.74, 6) is 0.640. The lowest BCUT2D eigenvalue weighted by molar-refractivity contribution is -0.521. The van der Waals surface area contributed by atoms with Crippen molar-refractivity contribution in [1.29, 1.82) is 0 Å². The van der Waals surface area contributed by atoms with Gasteiger partial charge in [0.15, 0.2) is 0 Å². The Morgan fingerprint density at radius 3 is 2.46 bits per heavy atom. The van der Waals surface area contributed by atoms with E-state index < -0.39 is 23.2 Å². The fourth-order valence-corrected chi connectivity index (χ4v) is 2.90. The summed E-state index contributed by atoms with van der Waals surface area (Å²) in [4.78, 5) is 14.5. The number of oxime groups is 1. The van der Waals surface area contributed by atoms with Crippen LogP contribution in [0.2, 0.25) is 0 Å². The van der Waals surface area contributed by atoms with E-state index in [4.69, 9.17) is 9.57 Å². The first-order chi connectivity index (χ1) is 12.3. The van der Waals surface area contributed by atoms with Crippen molar-refractivity contribution < 1.29 is 27.7 Å². The van der Waals surface area contributed by atoms with Gasteiger partial charge in [-0.1, -0.05) is 17.3 Å². The van der Waals surface area contributed by atoms with Crippen LogP contribution >= 0.6 is 11.3 Å². The maximum absolute atomic E-state index is 13.6. The summed E-state index contributed by atoms with van der Waals surface area (Å²) in [6, 6.07) is 7.97. The third-order valence-electron chi connectivity index (χ3n) is 3.57. The minimum absolute atomic E-state index is 0.194. The Bertz CT molecular complexity index is 748. The topological polar surface area (TPSA) is 74.0 Å². The smallest absolute Gasteiger partial charge is 0.442 e. The van der Waals surface area contributed by atoms with E-state index >= 15 is 0 Å². The number of methoxy groups -OCH3 is 1. The number of hydrogen-bond donors (Lipinski definition) is 0. The maximum atomic E-state index is 13.6. The molecule has 0 aliphatic carbocycles. The van der Waals surface area contributed by atoms with E-state index in [-0.39, 0.29) is 12.0 Å². The molecule has 140 valence electrons. The molecule has 2 aromatic rings. The van der Waals surface area contributed by atoms with Gasteiger partial charge in [0.25, 0.3) is 6.54 Å². The van der Waals surface area contributed by atoms with Crippen LogP contribution in [0.1, 0.15) is 11.1 Å². The molecule has 0 saturated heterocycles. The van der Waals surface area contributed by atoms with E-state index in [2.05, 4.69) is 5.16 Å². The lowest BCUT2D eigenvalue weighted by Crippen LogP contribution is -2.49. The Morgan fingerprint density at radius 2 is 1.96 bits per heavy atom. The fraction of sp³-hybridized carbons (Fsp3) is 0.312. The van der Waals surface area contributed by atoms with Crippen LogP contribution in [-0.2, 0) is 16.9 Å². The van der Waals surface area contributed by atoms with Gasteiger partial charge in [-0.15, -0.1) is 0 Å². The van der Waals surface area contributed by atoms with Gasteiger partial charge in [-0.3, -0.25) is 10.1 Å². The molecule has 1 aromatic heterocycles. The molecule has 0 amide bonds. The average molecular weight is 388 g/mol. The predicted molar refractivity (Wildman–Crippen MR) is 90.2 cm³/mol. The first kappa shape index (κ1) is 19.7. The Morgan fingerprint density at radius 1 is 1.27 bits per heavy atom. The van der Waals surface area contributed by atoms with Gasteiger partial charge in [-0.05, 0) is 34.5 Å². The van der Waals surface area contributed by atoms with Gasteiger partial charge in [-0.2, -0.15) is 24.5 Å². The Labute approximate surface area is 151 Å². The molecule has 10 heteroatoms. The highest BCUT2D eigenvalue weighted by Crippen LogP contribution is 2.43. The molecule has 1 aromatic carbocycles. The van der Waals surface area contributed by atoms with Crippen LogP contribution in [0.4, 0.5) is 13.2 Å². The standard InChI is InChI=1S/C16H15F3N2O4S/c1-24-14-4-2-12(3-5-14)6-8-20-25-15(11-21(22)23,16(17,18)19)13-7-9-26-10-13/h2-5,7-10H,6,11H2,1H3/b20-8+/t15-/m1/s1. The second-order valence-corrected chi connectivity index (χ2v) is 6.04. The molecule has 0 aliphatic heterocycles. The summed E-state index contributed by atoms with van der Waals surface area (Å²) in [5.41, 5.74) is -2.72. The van der Waals surface area contributed by atoms with E-state index in [9.17, 15) is 23.3 Å². The fourth-order valence-electron chi connectivity index (χ4n) is 2.19. The third kappa shape index (κ3) is 4.51. The van der Waals surface area contributed by atoms with Crippen molar-refractivity contribution >= 4 is 17.6 Å². The summed E-state index contributed by atoms with van der Waals surface area (Å²) in [6.07, 6.45) is -3.69. The van der Waals surface area contributed by atoms with Crippen molar-refractivity contribution in [2.24, 2.45) is 5.16 Å². The molecular formula is C16H15F3N2O4S. The van der Waals surface area contributed by atoms with Crippen molar-refractivity contribution in [1.82, 2.24) is 0 Å². The van der Waals surface area contributed by atoms with Gasteiger partial charge in [0, 0.05) is 23.1 Å². The van der Waals surface area contributed by atoms with Crippen LogP contribution in [0.3, 0.4) is 0 Å². The van der Waals surface area contributed by atoms with Gasteiger partial charge in [0.05, 0.1) is 7.11 Å². The molecule has 0 N–H and O–H groups in total. The number of benzene rings is 1. The predicted octanol–water partition coefficient (Wildman–Crippen LogP) is 4.04. The van der Waals surface area contributed by atoms with Gasteiger partial charge in [0.1, 0.15) is 5.75 Å². The number of alkyl halides is 3. The van der Waals surface area contributed by atoms with Crippen LogP contribution in [-0.4, -0.2) is 31.0 Å². The van der Waals surface area contributed by atoms with E-state index in [0.717, 1.165) is 34.6 Å². The quantitative estimate of drug-likeness (QED) is 0.389. The van der Waals surface area contributed by atoms with E-state index in [0.29, 0.717) is 5.75 Å². The minimum atomic E-state index is -5.02. The van der Waals surface area contributed by atoms with Crippen LogP contribution in [0, 0.1) is 10.1 Å². The van der Waals surface area contributed by atoms with Crippen LogP contribution in [0.15, 0.2) is 46.2 Å². The molecule has 1 heterocycles. The summed E-state index contributed by atoms with van der Waals surface area (Å²) in [5, 5.41) is 16.8. The molecule has 0 bridgehead atoms. The number of halogens is 3. The summed E-state index contributed by atoms with van der Waals surface area (Å²) >= 11 is 0.983. The second kappa shape index (κ2) is 8.17. The van der Waals surface area contributed by atoms with E-state index in [1.807, 2.05) is 0 Å². The van der Waals surface area contributed by atoms with Crippen molar-refractivity contribution in [2.45, 2.75) is 18.2 Å². The summed E-state index contributed by atoms with van der Waals surface area (Å²) in [7, 11) is 1.51. The second-order valence-electron chi connectivity index (χ2n) is 5.26. The van der Waals surface area contributed by atoms with Crippen molar-refractivity contribution in [3.8, 4) is 5.75 Å². The van der Waals surface area contributed by atoms with Crippen LogP contribution < -0.4 is 4.74 Å². The molecule has 0 radical (unpaired) electrons. The van der Waals surface area contributed by atoms with Crippen molar-refractivity contribution in [2.75, 3.05) is 13.7 Å². The monoisotopic (exact) mass is 388 g/mol. The molecule has 6 nitrogen and oxygen atoms in total. The average Bonchev–Trinajstić information content (AvgIpc) is 3.11. The van der Waals surface area contributed by atoms with Crippen LogP contribution in [0.25, 0.3) is 0 Å². The van der Waals surface area contributed by atoms with Crippen molar-refractivity contribution in [3.63, 3.8) is 0 Å². The molecule has 0 saturated carbocycles. The summed E-state index contributed by atoms with van der Waals surface area (Å²) in [6.45, 7) is -1.48. The van der Waals surface area contributed by atoms with E-state index in [1.54, 1.807) is 24.3 Å². The zero-order chi connectivity index (χ0) is 19.2. The molecule has 0 unspecified atom stereocenters. The van der Waals surface area contributed by atoms with Gasteiger partial charge in [-0.25, -0.2) is 0 Å². The highest BCUT2D eigenvalue weighted by molar-refractivity contribution is 7.08. The number of thiophene rings is 1. The molecular weight excluding hydrogens is 373 g/mol. The highest BCUT2D eigenvalue weighted by Gasteiger charge is 2.63. The van der Waals surface area contributed by atoms with Gasteiger partial charge in [0.2, 0.25) is 0 Å². The number of ether oxygens (including phenoxy) is 1. The zero-order valence-electron chi connectivity index (χ0n) is 13.6. The zero-order valence-corrected chi connectivity index (χ0v) is 14.4.